The van der Waals surface area contributed by atoms with Crippen molar-refractivity contribution in [1.82, 2.24) is 9.80 Å². The van der Waals surface area contributed by atoms with Crippen LogP contribution in [-0.4, -0.2) is 60.0 Å². The summed E-state index contributed by atoms with van der Waals surface area (Å²) in [5.74, 6) is -0.00746. The van der Waals surface area contributed by atoms with E-state index in [9.17, 15) is 14.9 Å². The maximum Gasteiger partial charge on any atom is 0.310 e. The first-order valence-corrected chi connectivity index (χ1v) is 6.98. The molecule has 1 aromatic rings. The molecule has 1 fully saturated rings. The van der Waals surface area contributed by atoms with Crippen LogP contribution in [0.15, 0.2) is 24.3 Å². The first kappa shape index (κ1) is 15.2. The van der Waals surface area contributed by atoms with Gasteiger partial charge in [0.05, 0.1) is 4.92 Å². The summed E-state index contributed by atoms with van der Waals surface area (Å²) in [6.45, 7) is 5.96. The van der Waals surface area contributed by atoms with Gasteiger partial charge in [0.1, 0.15) is 0 Å². The molecule has 0 aromatic heterocycles. The second-order valence-corrected chi connectivity index (χ2v) is 4.83. The van der Waals surface area contributed by atoms with Crippen LogP contribution in [0.3, 0.4) is 0 Å². The SMILES string of the molecule is CCN1CCN(C(=O)COc2ccccc2[N+](=O)[O-])CC1. The maximum atomic E-state index is 12.1. The predicted octanol–water partition coefficient (Wildman–Crippen LogP) is 1.14. The Morgan fingerprint density at radius 3 is 2.57 bits per heavy atom. The molecule has 114 valence electrons. The average Bonchev–Trinajstić information content (AvgIpc) is 2.52. The molecule has 0 atom stereocenters. The lowest BCUT2D eigenvalue weighted by molar-refractivity contribution is -0.385. The summed E-state index contributed by atoms with van der Waals surface area (Å²) < 4.78 is 5.32. The standard InChI is InChI=1S/C14H19N3O4/c1-2-15-7-9-16(10-8-15)14(18)11-21-13-6-4-3-5-12(13)17(19)20/h3-6H,2,7-11H2,1H3. The van der Waals surface area contributed by atoms with Crippen molar-refractivity contribution in [2.75, 3.05) is 39.3 Å². The normalized spacial score (nSPS) is 15.8. The number of likely N-dealkylation sites (N-methyl/N-ethyl adjacent to an activating group) is 1. The number of nitro groups is 1. The molecule has 0 unspecified atom stereocenters. The second-order valence-electron chi connectivity index (χ2n) is 4.83. The predicted molar refractivity (Wildman–Crippen MR) is 77.3 cm³/mol. The van der Waals surface area contributed by atoms with Crippen LogP contribution < -0.4 is 4.74 Å². The van der Waals surface area contributed by atoms with Crippen molar-refractivity contribution in [1.29, 1.82) is 0 Å². The summed E-state index contributed by atoms with van der Waals surface area (Å²) in [5.41, 5.74) is -0.124. The van der Waals surface area contributed by atoms with E-state index in [0.717, 1.165) is 19.6 Å². The summed E-state index contributed by atoms with van der Waals surface area (Å²) in [5, 5.41) is 10.9. The Hall–Kier alpha value is -2.15. The molecular weight excluding hydrogens is 274 g/mol. The van der Waals surface area contributed by atoms with Crippen LogP contribution in [-0.2, 0) is 4.79 Å². The van der Waals surface area contributed by atoms with Crippen molar-refractivity contribution in [2.24, 2.45) is 0 Å². The molecule has 1 aromatic carbocycles. The maximum absolute atomic E-state index is 12.1. The molecule has 21 heavy (non-hydrogen) atoms. The smallest absolute Gasteiger partial charge is 0.310 e. The summed E-state index contributed by atoms with van der Waals surface area (Å²) in [6, 6.07) is 6.07. The highest BCUT2D eigenvalue weighted by Gasteiger charge is 2.21. The van der Waals surface area contributed by atoms with Gasteiger partial charge >= 0.3 is 5.69 Å². The van der Waals surface area contributed by atoms with Crippen LogP contribution >= 0.6 is 0 Å². The fourth-order valence-corrected chi connectivity index (χ4v) is 2.27. The number of nitrogens with zero attached hydrogens (tertiary/aromatic N) is 3. The van der Waals surface area contributed by atoms with Crippen molar-refractivity contribution < 1.29 is 14.5 Å². The van der Waals surface area contributed by atoms with Gasteiger partial charge in [-0.25, -0.2) is 0 Å². The highest BCUT2D eigenvalue weighted by molar-refractivity contribution is 5.78. The van der Waals surface area contributed by atoms with E-state index in [2.05, 4.69) is 11.8 Å². The summed E-state index contributed by atoms with van der Waals surface area (Å²) in [7, 11) is 0. The zero-order valence-corrected chi connectivity index (χ0v) is 12.0. The number of piperazine rings is 1. The summed E-state index contributed by atoms with van der Waals surface area (Å²) in [6.07, 6.45) is 0. The van der Waals surface area contributed by atoms with Crippen molar-refractivity contribution in [3.05, 3.63) is 34.4 Å². The lowest BCUT2D eigenvalue weighted by atomic mass is 10.3. The number of carbonyl (C=O) groups excluding carboxylic acids is 1. The van der Waals surface area contributed by atoms with Crippen LogP contribution in [0.25, 0.3) is 0 Å². The molecule has 0 spiro atoms. The quantitative estimate of drug-likeness (QED) is 0.601. The van der Waals surface area contributed by atoms with E-state index in [1.165, 1.54) is 12.1 Å². The molecule has 0 bridgehead atoms. The zero-order valence-electron chi connectivity index (χ0n) is 12.0. The van der Waals surface area contributed by atoms with Crippen LogP contribution in [0.2, 0.25) is 0 Å². The Kier molecular flexibility index (Phi) is 5.10. The van der Waals surface area contributed by atoms with Crippen molar-refractivity contribution in [2.45, 2.75) is 6.92 Å². The molecule has 1 aliphatic heterocycles. The van der Waals surface area contributed by atoms with Crippen molar-refractivity contribution in [3.63, 3.8) is 0 Å². The molecular formula is C14H19N3O4. The molecule has 0 N–H and O–H groups in total. The monoisotopic (exact) mass is 293 g/mol. The number of nitro benzene ring substituents is 1. The van der Waals surface area contributed by atoms with Gasteiger partial charge in [-0.1, -0.05) is 19.1 Å². The van der Waals surface area contributed by atoms with E-state index in [1.807, 2.05) is 0 Å². The van der Waals surface area contributed by atoms with Gasteiger partial charge in [0, 0.05) is 32.2 Å². The highest BCUT2D eigenvalue weighted by atomic mass is 16.6. The van der Waals surface area contributed by atoms with Crippen molar-refractivity contribution >= 4 is 11.6 Å². The molecule has 1 aliphatic rings. The highest BCUT2D eigenvalue weighted by Crippen LogP contribution is 2.25. The third-order valence-corrected chi connectivity index (χ3v) is 3.59. The number of hydrogen-bond acceptors (Lipinski definition) is 5. The molecule has 7 nitrogen and oxygen atoms in total. The number of benzene rings is 1. The Morgan fingerprint density at radius 1 is 1.29 bits per heavy atom. The number of carbonyl (C=O) groups is 1. The van der Waals surface area contributed by atoms with Gasteiger partial charge in [-0.3, -0.25) is 14.9 Å². The van der Waals surface area contributed by atoms with Crippen LogP contribution in [0.4, 0.5) is 5.69 Å². The molecule has 1 amide bonds. The van der Waals surface area contributed by atoms with E-state index in [-0.39, 0.29) is 24.0 Å². The Labute approximate surface area is 123 Å². The van der Waals surface area contributed by atoms with Gasteiger partial charge in [0.25, 0.3) is 5.91 Å². The number of hydrogen-bond donors (Lipinski definition) is 0. The molecule has 0 aliphatic carbocycles. The first-order chi connectivity index (χ1) is 10.1. The fraction of sp³-hybridized carbons (Fsp3) is 0.500. The molecule has 1 heterocycles. The summed E-state index contributed by atoms with van der Waals surface area (Å²) in [4.78, 5) is 26.4. The van der Waals surface area contributed by atoms with Gasteiger partial charge in [0.15, 0.2) is 12.4 Å². The van der Waals surface area contributed by atoms with E-state index < -0.39 is 4.92 Å². The topological polar surface area (TPSA) is 75.9 Å². The molecule has 1 saturated heterocycles. The molecule has 7 heteroatoms. The molecule has 2 rings (SSSR count). The number of para-hydroxylation sites is 2. The van der Waals surface area contributed by atoms with Crippen LogP contribution in [0.1, 0.15) is 6.92 Å². The third-order valence-electron chi connectivity index (χ3n) is 3.59. The van der Waals surface area contributed by atoms with E-state index >= 15 is 0 Å². The lowest BCUT2D eigenvalue weighted by Gasteiger charge is -2.33. The third kappa shape index (κ3) is 3.91. The second kappa shape index (κ2) is 7.03. The Balaban J connectivity index is 1.89. The lowest BCUT2D eigenvalue weighted by Crippen LogP contribution is -2.49. The van der Waals surface area contributed by atoms with Crippen molar-refractivity contribution in [3.8, 4) is 5.75 Å². The Bertz CT molecular complexity index is 513. The van der Waals surface area contributed by atoms with E-state index in [0.29, 0.717) is 13.1 Å². The van der Waals surface area contributed by atoms with Gasteiger partial charge in [-0.2, -0.15) is 0 Å². The van der Waals surface area contributed by atoms with Gasteiger partial charge in [-0.15, -0.1) is 0 Å². The minimum atomic E-state index is -0.514. The first-order valence-electron chi connectivity index (χ1n) is 6.98. The van der Waals surface area contributed by atoms with Gasteiger partial charge in [0.2, 0.25) is 0 Å². The number of ether oxygens (including phenoxy) is 1. The fourth-order valence-electron chi connectivity index (χ4n) is 2.27. The minimum absolute atomic E-state index is 0.124. The van der Waals surface area contributed by atoms with E-state index in [4.69, 9.17) is 4.74 Å². The van der Waals surface area contributed by atoms with Gasteiger partial charge in [-0.05, 0) is 12.6 Å². The number of amides is 1. The molecule has 0 saturated carbocycles. The summed E-state index contributed by atoms with van der Waals surface area (Å²) >= 11 is 0. The minimum Gasteiger partial charge on any atom is -0.477 e. The Morgan fingerprint density at radius 2 is 1.95 bits per heavy atom. The zero-order chi connectivity index (χ0) is 15.2. The largest absolute Gasteiger partial charge is 0.477 e. The van der Waals surface area contributed by atoms with Crippen LogP contribution in [0.5, 0.6) is 5.75 Å². The van der Waals surface area contributed by atoms with Gasteiger partial charge < -0.3 is 14.5 Å². The van der Waals surface area contributed by atoms with Crippen LogP contribution in [0, 0.1) is 10.1 Å². The molecule has 0 radical (unpaired) electrons. The average molecular weight is 293 g/mol. The number of rotatable bonds is 5. The van der Waals surface area contributed by atoms with E-state index in [1.54, 1.807) is 17.0 Å².